The Kier molecular flexibility index (Phi) is 9.81. The van der Waals surface area contributed by atoms with Gasteiger partial charge in [-0.15, -0.1) is 0 Å². The zero-order valence-corrected chi connectivity index (χ0v) is 26.2. The maximum Gasteiger partial charge on any atom is 0.270 e. The number of fused-ring (bicyclic) bond motifs is 2. The molecule has 0 spiro atoms. The van der Waals surface area contributed by atoms with Crippen LogP contribution < -0.4 is 15.1 Å². The fraction of sp³-hybridized carbons (Fsp3) is 0.429. The Bertz CT molecular complexity index is 1570. The van der Waals surface area contributed by atoms with E-state index in [0.29, 0.717) is 37.9 Å². The SMILES string of the molecule is C=CC(=O)N1CCN(c2cc(C(=O)NCC3CCCN3C)nc3c2CCN(c2cccc4cccc(C)c24)C3)CC1.CC#N. The number of hydrogen-bond donors (Lipinski definition) is 1. The normalized spacial score (nSPS) is 18.2. The first kappa shape index (κ1) is 31.0. The number of likely N-dealkylation sites (N-methyl/N-ethyl adjacent to an activating group) is 1. The Balaban J connectivity index is 0.00000123. The van der Waals surface area contributed by atoms with Crippen molar-refractivity contribution in [3.8, 4) is 6.07 Å². The Labute approximate surface area is 260 Å². The van der Waals surface area contributed by atoms with Gasteiger partial charge in [0.15, 0.2) is 0 Å². The van der Waals surface area contributed by atoms with Crippen LogP contribution in [0, 0.1) is 18.3 Å². The van der Waals surface area contributed by atoms with Gasteiger partial charge < -0.3 is 24.9 Å². The van der Waals surface area contributed by atoms with E-state index in [0.717, 1.165) is 50.4 Å². The number of carbonyl (C=O) groups is 2. The standard InChI is InChI=1S/C33H40N6O2.C2H3N/c1-4-31(40)38-18-16-37(17-19-38)30-20-27(33(41)34-21-25-11-7-14-36(25)3)35-28-22-39(15-13-26(28)30)29-12-6-10-24-9-5-8-23(2)32(24)29;1-2-3/h4-6,8-10,12,20,25H,1,7,11,13-19,21-22H2,2-3H3,(H,34,41);1H3. The van der Waals surface area contributed by atoms with Crippen LogP contribution in [0.15, 0.2) is 55.1 Å². The molecule has 2 saturated heterocycles. The number of anilines is 2. The molecular formula is C35H43N7O2. The molecule has 3 aromatic rings. The van der Waals surface area contributed by atoms with E-state index < -0.39 is 0 Å². The third-order valence-corrected chi connectivity index (χ3v) is 9.10. The van der Waals surface area contributed by atoms with Crippen LogP contribution in [-0.2, 0) is 17.8 Å². The monoisotopic (exact) mass is 593 g/mol. The number of aryl methyl sites for hydroxylation is 1. The number of pyridine rings is 1. The molecule has 3 aliphatic heterocycles. The molecule has 0 bridgehead atoms. The molecule has 0 saturated carbocycles. The molecule has 9 heteroatoms. The highest BCUT2D eigenvalue weighted by Gasteiger charge is 2.29. The minimum Gasteiger partial charge on any atom is -0.368 e. The van der Waals surface area contributed by atoms with Gasteiger partial charge in [-0.1, -0.05) is 36.9 Å². The van der Waals surface area contributed by atoms with Gasteiger partial charge >= 0.3 is 0 Å². The summed E-state index contributed by atoms with van der Waals surface area (Å²) in [7, 11) is 2.12. The second-order valence-electron chi connectivity index (χ2n) is 11.8. The number of likely N-dealkylation sites (tertiary alicyclic amines) is 1. The fourth-order valence-electron chi connectivity index (χ4n) is 6.73. The molecule has 6 rings (SSSR count). The summed E-state index contributed by atoms with van der Waals surface area (Å²) >= 11 is 0. The zero-order valence-electron chi connectivity index (χ0n) is 26.2. The first-order chi connectivity index (χ1) is 21.3. The van der Waals surface area contributed by atoms with Gasteiger partial charge in [0.2, 0.25) is 5.91 Å². The van der Waals surface area contributed by atoms with E-state index in [1.807, 2.05) is 11.0 Å². The van der Waals surface area contributed by atoms with Crippen molar-refractivity contribution in [3.63, 3.8) is 0 Å². The smallest absolute Gasteiger partial charge is 0.270 e. The van der Waals surface area contributed by atoms with Crippen LogP contribution in [0.3, 0.4) is 0 Å². The summed E-state index contributed by atoms with van der Waals surface area (Å²) in [6.07, 6.45) is 4.51. The highest BCUT2D eigenvalue weighted by Crippen LogP contribution is 2.35. The number of piperazine rings is 1. The molecule has 230 valence electrons. The van der Waals surface area contributed by atoms with Crippen molar-refractivity contribution >= 4 is 34.0 Å². The molecule has 0 radical (unpaired) electrons. The second-order valence-corrected chi connectivity index (χ2v) is 11.8. The molecule has 2 fully saturated rings. The summed E-state index contributed by atoms with van der Waals surface area (Å²) < 4.78 is 0. The maximum absolute atomic E-state index is 13.5. The summed E-state index contributed by atoms with van der Waals surface area (Å²) in [5, 5.41) is 13.0. The Morgan fingerprint density at radius 1 is 1.07 bits per heavy atom. The van der Waals surface area contributed by atoms with Crippen LogP contribution in [0.5, 0.6) is 0 Å². The third kappa shape index (κ3) is 6.56. The molecule has 1 atom stereocenters. The van der Waals surface area contributed by atoms with Gasteiger partial charge in [-0.2, -0.15) is 5.26 Å². The van der Waals surface area contributed by atoms with Crippen molar-refractivity contribution in [3.05, 3.63) is 77.6 Å². The molecule has 4 heterocycles. The van der Waals surface area contributed by atoms with E-state index in [1.54, 1.807) is 6.07 Å². The second kappa shape index (κ2) is 13.9. The number of nitrogens with one attached hydrogen (secondary N) is 1. The Hall–Kier alpha value is -4.42. The molecule has 0 aliphatic carbocycles. The molecule has 2 amide bonds. The number of carbonyl (C=O) groups excluding carboxylic acids is 2. The predicted molar refractivity (Wildman–Crippen MR) is 176 cm³/mol. The Morgan fingerprint density at radius 2 is 1.80 bits per heavy atom. The molecule has 9 nitrogen and oxygen atoms in total. The van der Waals surface area contributed by atoms with Crippen molar-refractivity contribution in [2.45, 2.75) is 45.7 Å². The number of rotatable bonds is 6. The molecular weight excluding hydrogens is 550 g/mol. The Morgan fingerprint density at radius 3 is 2.48 bits per heavy atom. The largest absolute Gasteiger partial charge is 0.368 e. The van der Waals surface area contributed by atoms with E-state index in [-0.39, 0.29) is 11.8 Å². The number of aromatic nitrogens is 1. The van der Waals surface area contributed by atoms with Crippen molar-refractivity contribution in [2.75, 3.05) is 62.7 Å². The van der Waals surface area contributed by atoms with Crippen LogP contribution in [0.2, 0.25) is 0 Å². The van der Waals surface area contributed by atoms with Crippen LogP contribution >= 0.6 is 0 Å². The van der Waals surface area contributed by atoms with Gasteiger partial charge in [0.05, 0.1) is 18.3 Å². The molecule has 1 unspecified atom stereocenters. The van der Waals surface area contributed by atoms with Gasteiger partial charge in [-0.25, -0.2) is 4.98 Å². The fourth-order valence-corrected chi connectivity index (χ4v) is 6.73. The average Bonchev–Trinajstić information content (AvgIpc) is 3.47. The quantitative estimate of drug-likeness (QED) is 0.426. The van der Waals surface area contributed by atoms with Crippen LogP contribution in [-0.4, -0.2) is 85.5 Å². The number of hydrogen-bond acceptors (Lipinski definition) is 7. The van der Waals surface area contributed by atoms with Crippen molar-refractivity contribution in [2.24, 2.45) is 0 Å². The van der Waals surface area contributed by atoms with Crippen molar-refractivity contribution < 1.29 is 9.59 Å². The summed E-state index contributed by atoms with van der Waals surface area (Å²) in [5.74, 6) is -0.146. The van der Waals surface area contributed by atoms with Gasteiger partial charge in [0.25, 0.3) is 5.91 Å². The van der Waals surface area contributed by atoms with Crippen LogP contribution in [0.4, 0.5) is 11.4 Å². The van der Waals surface area contributed by atoms with Crippen molar-refractivity contribution in [1.29, 1.82) is 5.26 Å². The highest BCUT2D eigenvalue weighted by atomic mass is 16.2. The van der Waals surface area contributed by atoms with E-state index in [4.69, 9.17) is 10.2 Å². The number of nitrogens with zero attached hydrogens (tertiary/aromatic N) is 6. The molecule has 2 aromatic carbocycles. The summed E-state index contributed by atoms with van der Waals surface area (Å²) in [6.45, 7) is 13.2. The summed E-state index contributed by atoms with van der Waals surface area (Å²) in [4.78, 5) is 39.6. The van der Waals surface area contributed by atoms with Gasteiger partial charge in [-0.3, -0.25) is 9.59 Å². The average molecular weight is 594 g/mol. The van der Waals surface area contributed by atoms with E-state index in [1.165, 1.54) is 47.0 Å². The lowest BCUT2D eigenvalue weighted by molar-refractivity contribution is -0.126. The summed E-state index contributed by atoms with van der Waals surface area (Å²) in [5.41, 5.74) is 6.21. The first-order valence-corrected chi connectivity index (χ1v) is 15.6. The zero-order chi connectivity index (χ0) is 31.2. The minimum absolute atomic E-state index is 0.0284. The molecule has 44 heavy (non-hydrogen) atoms. The topological polar surface area (TPSA) is 95.8 Å². The van der Waals surface area contributed by atoms with E-state index in [9.17, 15) is 9.59 Å². The van der Waals surface area contributed by atoms with Gasteiger partial charge in [0.1, 0.15) is 5.69 Å². The van der Waals surface area contributed by atoms with E-state index >= 15 is 0 Å². The maximum atomic E-state index is 13.5. The molecule has 1 N–H and O–H groups in total. The third-order valence-electron chi connectivity index (χ3n) is 9.10. The lowest BCUT2D eigenvalue weighted by Crippen LogP contribution is -2.49. The lowest BCUT2D eigenvalue weighted by atomic mass is 9.97. The summed E-state index contributed by atoms with van der Waals surface area (Å²) in [6, 6.07) is 17.0. The van der Waals surface area contributed by atoms with Crippen LogP contribution in [0.25, 0.3) is 10.8 Å². The number of nitriles is 1. The van der Waals surface area contributed by atoms with Gasteiger partial charge in [-0.05, 0) is 68.9 Å². The van der Waals surface area contributed by atoms with E-state index in [2.05, 4.69) is 77.0 Å². The first-order valence-electron chi connectivity index (χ1n) is 15.6. The highest BCUT2D eigenvalue weighted by molar-refractivity contribution is 5.97. The van der Waals surface area contributed by atoms with Crippen LogP contribution in [0.1, 0.15) is 47.1 Å². The number of benzene rings is 2. The molecule has 3 aliphatic rings. The number of amides is 2. The minimum atomic E-state index is -0.118. The van der Waals surface area contributed by atoms with Gasteiger partial charge in [0, 0.05) is 74.6 Å². The molecule has 1 aromatic heterocycles. The lowest BCUT2D eigenvalue weighted by Gasteiger charge is -2.39. The predicted octanol–water partition coefficient (Wildman–Crippen LogP) is 4.29. The van der Waals surface area contributed by atoms with Crippen molar-refractivity contribution in [1.82, 2.24) is 20.1 Å².